The van der Waals surface area contributed by atoms with Crippen molar-refractivity contribution < 1.29 is 19.2 Å². The van der Waals surface area contributed by atoms with Crippen molar-refractivity contribution in [2.75, 3.05) is 11.9 Å². The molecule has 0 spiro atoms. The van der Waals surface area contributed by atoms with Gasteiger partial charge in [-0.1, -0.05) is 0 Å². The monoisotopic (exact) mass is 294 g/mol. The van der Waals surface area contributed by atoms with E-state index in [0.717, 1.165) is 6.07 Å². The lowest BCUT2D eigenvalue weighted by Crippen LogP contribution is -2.13. The number of nitrogens with zero attached hydrogens (tertiary/aromatic N) is 3. The number of rotatable bonds is 6. The van der Waals surface area contributed by atoms with E-state index in [4.69, 9.17) is 5.11 Å². The van der Waals surface area contributed by atoms with Crippen molar-refractivity contribution in [3.63, 3.8) is 0 Å². The average molecular weight is 294 g/mol. The van der Waals surface area contributed by atoms with Crippen LogP contribution in [-0.2, 0) is 6.54 Å². The smallest absolute Gasteiger partial charge is 0.342 e. The molecule has 1 aromatic heterocycles. The van der Waals surface area contributed by atoms with Gasteiger partial charge in [-0.05, 0) is 12.1 Å². The summed E-state index contributed by atoms with van der Waals surface area (Å²) in [6.07, 6.45) is 3.31. The highest BCUT2D eigenvalue weighted by Crippen LogP contribution is 2.26. The second-order valence-electron chi connectivity index (χ2n) is 4.11. The summed E-state index contributed by atoms with van der Waals surface area (Å²) in [6.45, 7) is 0.724. The molecule has 21 heavy (non-hydrogen) atoms. The van der Waals surface area contributed by atoms with E-state index < -0.39 is 28.0 Å². The maximum Gasteiger partial charge on any atom is 0.342 e. The lowest BCUT2D eigenvalue weighted by molar-refractivity contribution is -0.385. The molecule has 110 valence electrons. The second-order valence-corrected chi connectivity index (χ2v) is 4.11. The SMILES string of the molecule is O=C(O)c1cc(NCCn2cccn2)c(F)cc1[N+](=O)[O-]. The Labute approximate surface area is 118 Å². The first-order valence-corrected chi connectivity index (χ1v) is 5.91. The Hall–Kier alpha value is -2.97. The third kappa shape index (κ3) is 3.32. The summed E-state index contributed by atoms with van der Waals surface area (Å²) >= 11 is 0. The zero-order valence-electron chi connectivity index (χ0n) is 10.7. The van der Waals surface area contributed by atoms with Crippen molar-refractivity contribution in [2.45, 2.75) is 6.54 Å². The fourth-order valence-electron chi connectivity index (χ4n) is 1.76. The number of halogens is 1. The number of aromatic nitrogens is 2. The third-order valence-corrected chi connectivity index (χ3v) is 2.73. The van der Waals surface area contributed by atoms with Gasteiger partial charge in [-0.25, -0.2) is 9.18 Å². The summed E-state index contributed by atoms with van der Waals surface area (Å²) < 4.78 is 15.3. The van der Waals surface area contributed by atoms with Gasteiger partial charge >= 0.3 is 5.97 Å². The quantitative estimate of drug-likeness (QED) is 0.620. The van der Waals surface area contributed by atoms with E-state index in [-0.39, 0.29) is 12.2 Å². The van der Waals surface area contributed by atoms with Crippen molar-refractivity contribution in [1.82, 2.24) is 9.78 Å². The topological polar surface area (TPSA) is 110 Å². The minimum Gasteiger partial charge on any atom is -0.477 e. The summed E-state index contributed by atoms with van der Waals surface area (Å²) in [5.41, 5.74) is -1.45. The molecule has 2 N–H and O–H groups in total. The summed E-state index contributed by atoms with van der Waals surface area (Å²) in [7, 11) is 0. The Kier molecular flexibility index (Phi) is 4.12. The molecular formula is C12H11FN4O4. The van der Waals surface area contributed by atoms with Crippen LogP contribution in [0.4, 0.5) is 15.8 Å². The first kappa shape index (κ1) is 14.4. The van der Waals surface area contributed by atoms with Crippen LogP contribution in [-0.4, -0.2) is 32.3 Å². The van der Waals surface area contributed by atoms with Crippen LogP contribution in [0, 0.1) is 15.9 Å². The number of nitro benzene ring substituents is 1. The lowest BCUT2D eigenvalue weighted by Gasteiger charge is -2.09. The molecule has 0 bridgehead atoms. The number of nitro groups is 1. The summed E-state index contributed by atoms with van der Waals surface area (Å²) in [5, 5.41) is 26.3. The normalized spacial score (nSPS) is 10.3. The molecule has 0 radical (unpaired) electrons. The molecule has 0 amide bonds. The molecule has 1 aromatic carbocycles. The van der Waals surface area contributed by atoms with Crippen LogP contribution >= 0.6 is 0 Å². The van der Waals surface area contributed by atoms with Gasteiger partial charge in [0.2, 0.25) is 0 Å². The second kappa shape index (κ2) is 5.99. The number of carboxylic acids is 1. The Balaban J connectivity index is 2.17. The minimum absolute atomic E-state index is 0.106. The van der Waals surface area contributed by atoms with Gasteiger partial charge in [-0.15, -0.1) is 0 Å². The number of carbonyl (C=O) groups is 1. The molecule has 0 aliphatic carbocycles. The van der Waals surface area contributed by atoms with Crippen LogP contribution in [0.25, 0.3) is 0 Å². The number of nitrogens with one attached hydrogen (secondary N) is 1. The summed E-state index contributed by atoms with van der Waals surface area (Å²) in [5.74, 6) is -2.37. The van der Waals surface area contributed by atoms with Crippen molar-refractivity contribution in [2.24, 2.45) is 0 Å². The third-order valence-electron chi connectivity index (χ3n) is 2.73. The average Bonchev–Trinajstić information content (AvgIpc) is 2.92. The molecule has 0 aliphatic heterocycles. The van der Waals surface area contributed by atoms with Gasteiger partial charge in [0, 0.05) is 18.9 Å². The summed E-state index contributed by atoms with van der Waals surface area (Å²) in [4.78, 5) is 20.8. The number of hydrogen-bond donors (Lipinski definition) is 2. The molecular weight excluding hydrogens is 283 g/mol. The van der Waals surface area contributed by atoms with Gasteiger partial charge in [0.25, 0.3) is 5.69 Å². The van der Waals surface area contributed by atoms with E-state index >= 15 is 0 Å². The number of carboxylic acid groups (broad SMARTS) is 1. The summed E-state index contributed by atoms with van der Waals surface area (Å²) in [6, 6.07) is 3.24. The molecule has 0 fully saturated rings. The van der Waals surface area contributed by atoms with Crippen LogP contribution < -0.4 is 5.32 Å². The van der Waals surface area contributed by atoms with Gasteiger partial charge in [-0.3, -0.25) is 14.8 Å². The Morgan fingerprint density at radius 2 is 2.29 bits per heavy atom. The Morgan fingerprint density at radius 3 is 2.86 bits per heavy atom. The predicted molar refractivity (Wildman–Crippen MR) is 70.7 cm³/mol. The van der Waals surface area contributed by atoms with Gasteiger partial charge < -0.3 is 10.4 Å². The van der Waals surface area contributed by atoms with Crippen LogP contribution in [0.1, 0.15) is 10.4 Å². The zero-order chi connectivity index (χ0) is 15.4. The fourth-order valence-corrected chi connectivity index (χ4v) is 1.76. The largest absolute Gasteiger partial charge is 0.477 e. The maximum atomic E-state index is 13.7. The number of anilines is 1. The van der Waals surface area contributed by atoms with E-state index in [9.17, 15) is 19.3 Å². The molecule has 0 saturated heterocycles. The van der Waals surface area contributed by atoms with Crippen molar-refractivity contribution >= 4 is 17.3 Å². The van der Waals surface area contributed by atoms with E-state index in [1.165, 1.54) is 0 Å². The van der Waals surface area contributed by atoms with Crippen LogP contribution in [0.3, 0.4) is 0 Å². The molecule has 2 aromatic rings. The maximum absolute atomic E-state index is 13.7. The lowest BCUT2D eigenvalue weighted by atomic mass is 10.1. The first-order valence-electron chi connectivity index (χ1n) is 5.91. The highest BCUT2D eigenvalue weighted by Gasteiger charge is 2.23. The highest BCUT2D eigenvalue weighted by atomic mass is 19.1. The molecule has 2 rings (SSSR count). The Bertz CT molecular complexity index is 672. The number of aromatic carboxylic acids is 1. The van der Waals surface area contributed by atoms with Gasteiger partial charge in [0.1, 0.15) is 5.56 Å². The molecule has 9 heteroatoms. The molecule has 0 aliphatic rings. The Morgan fingerprint density at radius 1 is 1.52 bits per heavy atom. The van der Waals surface area contributed by atoms with Crippen LogP contribution in [0.2, 0.25) is 0 Å². The zero-order valence-corrected chi connectivity index (χ0v) is 10.7. The van der Waals surface area contributed by atoms with Gasteiger partial charge in [-0.2, -0.15) is 5.10 Å². The molecule has 0 atom stereocenters. The van der Waals surface area contributed by atoms with Gasteiger partial charge in [0.05, 0.1) is 23.2 Å². The van der Waals surface area contributed by atoms with Crippen molar-refractivity contribution in [3.05, 3.63) is 52.1 Å². The number of hydrogen-bond acceptors (Lipinski definition) is 5. The molecule has 0 saturated carbocycles. The fraction of sp³-hybridized carbons (Fsp3) is 0.167. The molecule has 1 heterocycles. The van der Waals surface area contributed by atoms with E-state index in [2.05, 4.69) is 10.4 Å². The minimum atomic E-state index is -1.49. The van der Waals surface area contributed by atoms with E-state index in [1.807, 2.05) is 0 Å². The standard InChI is InChI=1S/C12H11FN4O4/c13-9-7-11(17(20)21)8(12(18)19)6-10(9)14-3-5-16-4-1-2-15-16/h1-2,4,6-7,14H,3,5H2,(H,18,19). The molecule has 8 nitrogen and oxygen atoms in total. The van der Waals surface area contributed by atoms with Crippen molar-refractivity contribution in [1.29, 1.82) is 0 Å². The molecule has 0 unspecified atom stereocenters. The number of benzene rings is 1. The highest BCUT2D eigenvalue weighted by molar-refractivity contribution is 5.93. The van der Waals surface area contributed by atoms with Crippen LogP contribution in [0.15, 0.2) is 30.6 Å². The van der Waals surface area contributed by atoms with E-state index in [1.54, 1.807) is 23.1 Å². The predicted octanol–water partition coefficient (Wildman–Crippen LogP) is 1.74. The van der Waals surface area contributed by atoms with E-state index in [0.29, 0.717) is 12.6 Å². The van der Waals surface area contributed by atoms with Gasteiger partial charge in [0.15, 0.2) is 5.82 Å². The van der Waals surface area contributed by atoms with Crippen molar-refractivity contribution in [3.8, 4) is 0 Å². The van der Waals surface area contributed by atoms with Crippen LogP contribution in [0.5, 0.6) is 0 Å². The first-order chi connectivity index (χ1) is 9.99.